The molecule has 0 amide bonds. The molecule has 0 aliphatic rings. The lowest BCUT2D eigenvalue weighted by atomic mass is 10.1. The maximum Gasteiger partial charge on any atom is 0.115 e. The van der Waals surface area contributed by atoms with E-state index in [0.717, 1.165) is 15.8 Å². The Hall–Kier alpha value is -0.993. The molecule has 2 aromatic rings. The molecular formula is C19H27ClOSi. The number of phenols is 1. The first-order chi connectivity index (χ1) is 10.2. The average Bonchev–Trinajstić information content (AvgIpc) is 2.39. The lowest BCUT2D eigenvalue weighted by molar-refractivity contribution is 0.479. The maximum absolute atomic E-state index is 10.8. The number of fused-ring (bicyclic) bond motifs is 1. The first kappa shape index (κ1) is 17.4. The van der Waals surface area contributed by atoms with Gasteiger partial charge in [-0.3, -0.25) is 0 Å². The summed E-state index contributed by atoms with van der Waals surface area (Å²) in [6.45, 7) is 13.9. The topological polar surface area (TPSA) is 20.2 Å². The zero-order chi connectivity index (χ0) is 16.7. The van der Waals surface area contributed by atoms with Crippen molar-refractivity contribution in [1.82, 2.24) is 0 Å². The fourth-order valence-corrected chi connectivity index (χ4v) is 11.5. The fraction of sp³-hybridized carbons (Fsp3) is 0.474. The third-order valence-electron chi connectivity index (χ3n) is 5.25. The lowest BCUT2D eigenvalue weighted by Crippen LogP contribution is -2.55. The van der Waals surface area contributed by atoms with Gasteiger partial charge in [0.15, 0.2) is 0 Å². The number of rotatable bonds is 4. The lowest BCUT2D eigenvalue weighted by Gasteiger charge is -2.44. The van der Waals surface area contributed by atoms with Gasteiger partial charge >= 0.3 is 0 Å². The Morgan fingerprint density at radius 1 is 0.818 bits per heavy atom. The molecule has 22 heavy (non-hydrogen) atoms. The second kappa shape index (κ2) is 6.25. The highest BCUT2D eigenvalue weighted by Crippen LogP contribution is 2.43. The summed E-state index contributed by atoms with van der Waals surface area (Å²) in [4.78, 5) is 0. The SMILES string of the molecule is CC(C)[Si](c1cc2cc(Cl)ccc2cc1O)(C(C)C)C(C)C. The summed E-state index contributed by atoms with van der Waals surface area (Å²) < 4.78 is 0. The minimum Gasteiger partial charge on any atom is -0.508 e. The van der Waals surface area contributed by atoms with E-state index in [4.69, 9.17) is 11.6 Å². The van der Waals surface area contributed by atoms with Crippen LogP contribution in [0.4, 0.5) is 0 Å². The average molecular weight is 335 g/mol. The molecule has 0 bridgehead atoms. The van der Waals surface area contributed by atoms with E-state index in [1.54, 1.807) is 0 Å². The van der Waals surface area contributed by atoms with Crippen LogP contribution in [0.25, 0.3) is 10.8 Å². The second-order valence-corrected chi connectivity index (χ2v) is 13.6. The van der Waals surface area contributed by atoms with Gasteiger partial charge in [-0.05, 0) is 50.8 Å². The standard InChI is InChI=1S/C19H27ClOSi/c1-12(2)22(13(3)4,14(5)6)19-11-16-9-17(20)8-7-15(16)10-18(19)21/h7-14,21H,1-6H3. The van der Waals surface area contributed by atoms with Crippen LogP contribution in [-0.2, 0) is 0 Å². The van der Waals surface area contributed by atoms with Crippen molar-refractivity contribution in [3.8, 4) is 5.75 Å². The summed E-state index contributed by atoms with van der Waals surface area (Å²) in [6, 6.07) is 9.96. The molecule has 0 radical (unpaired) electrons. The molecule has 0 unspecified atom stereocenters. The number of hydrogen-bond acceptors (Lipinski definition) is 1. The van der Waals surface area contributed by atoms with Crippen molar-refractivity contribution in [2.75, 3.05) is 0 Å². The van der Waals surface area contributed by atoms with Crippen molar-refractivity contribution in [2.45, 2.75) is 58.2 Å². The van der Waals surface area contributed by atoms with E-state index < -0.39 is 8.07 Å². The van der Waals surface area contributed by atoms with Gasteiger partial charge < -0.3 is 5.11 Å². The maximum atomic E-state index is 10.8. The van der Waals surface area contributed by atoms with Gasteiger partial charge in [-0.25, -0.2) is 0 Å². The molecule has 0 heterocycles. The highest BCUT2D eigenvalue weighted by Gasteiger charge is 2.45. The third kappa shape index (κ3) is 2.67. The van der Waals surface area contributed by atoms with Crippen molar-refractivity contribution in [3.63, 3.8) is 0 Å². The van der Waals surface area contributed by atoms with Crippen molar-refractivity contribution < 1.29 is 5.11 Å². The van der Waals surface area contributed by atoms with Gasteiger partial charge in [0.25, 0.3) is 0 Å². The molecule has 0 saturated carbocycles. The van der Waals surface area contributed by atoms with E-state index in [1.165, 1.54) is 5.19 Å². The van der Waals surface area contributed by atoms with Crippen molar-refractivity contribution in [3.05, 3.63) is 35.4 Å². The van der Waals surface area contributed by atoms with Crippen LogP contribution in [0.15, 0.2) is 30.3 Å². The Labute approximate surface area is 140 Å². The molecule has 0 aliphatic carbocycles. The number of phenolic OH excluding ortho intramolecular Hbond substituents is 1. The molecule has 0 atom stereocenters. The molecule has 120 valence electrons. The van der Waals surface area contributed by atoms with E-state index in [1.807, 2.05) is 24.3 Å². The van der Waals surface area contributed by atoms with Gasteiger partial charge in [0, 0.05) is 5.02 Å². The molecule has 0 aliphatic heterocycles. The normalized spacial score (nSPS) is 12.8. The van der Waals surface area contributed by atoms with Gasteiger partial charge in [-0.2, -0.15) is 0 Å². The second-order valence-electron chi connectivity index (χ2n) is 7.26. The zero-order valence-corrected chi connectivity index (χ0v) is 16.2. The first-order valence-electron chi connectivity index (χ1n) is 8.14. The van der Waals surface area contributed by atoms with Crippen LogP contribution in [0.3, 0.4) is 0 Å². The number of hydrogen-bond donors (Lipinski definition) is 1. The molecule has 1 N–H and O–H groups in total. The van der Waals surface area contributed by atoms with Crippen LogP contribution < -0.4 is 5.19 Å². The predicted molar refractivity (Wildman–Crippen MR) is 101 cm³/mol. The quantitative estimate of drug-likeness (QED) is 0.671. The van der Waals surface area contributed by atoms with E-state index >= 15 is 0 Å². The molecule has 0 fully saturated rings. The summed E-state index contributed by atoms with van der Waals surface area (Å²) in [5, 5.41) is 14.9. The first-order valence-corrected chi connectivity index (χ1v) is 10.7. The third-order valence-corrected chi connectivity index (χ3v) is 12.6. The van der Waals surface area contributed by atoms with Gasteiger partial charge in [0.05, 0.1) is 8.07 Å². The van der Waals surface area contributed by atoms with Crippen LogP contribution in [0.5, 0.6) is 5.75 Å². The van der Waals surface area contributed by atoms with Crippen molar-refractivity contribution in [2.24, 2.45) is 0 Å². The van der Waals surface area contributed by atoms with Gasteiger partial charge in [-0.15, -0.1) is 0 Å². The monoisotopic (exact) mass is 334 g/mol. The van der Waals surface area contributed by atoms with Gasteiger partial charge in [0.1, 0.15) is 5.75 Å². The van der Waals surface area contributed by atoms with Crippen LogP contribution in [0.2, 0.25) is 21.6 Å². The van der Waals surface area contributed by atoms with Crippen molar-refractivity contribution >= 4 is 35.6 Å². The van der Waals surface area contributed by atoms with Crippen LogP contribution in [0.1, 0.15) is 41.5 Å². The summed E-state index contributed by atoms with van der Waals surface area (Å²) in [7, 11) is -1.88. The Morgan fingerprint density at radius 3 is 1.86 bits per heavy atom. The van der Waals surface area contributed by atoms with Gasteiger partial charge in [0.2, 0.25) is 0 Å². The minimum absolute atomic E-state index is 0.456. The molecule has 2 aromatic carbocycles. The summed E-state index contributed by atoms with van der Waals surface area (Å²) in [6.07, 6.45) is 0. The largest absolute Gasteiger partial charge is 0.508 e. The molecule has 2 rings (SSSR count). The molecule has 3 heteroatoms. The van der Waals surface area contributed by atoms with Crippen LogP contribution >= 0.6 is 11.6 Å². The number of halogens is 1. The molecular weight excluding hydrogens is 308 g/mol. The fourth-order valence-electron chi connectivity index (χ4n) is 4.54. The van der Waals surface area contributed by atoms with E-state index in [2.05, 4.69) is 47.6 Å². The van der Waals surface area contributed by atoms with E-state index in [-0.39, 0.29) is 0 Å². The van der Waals surface area contributed by atoms with E-state index in [0.29, 0.717) is 22.4 Å². The predicted octanol–water partition coefficient (Wildman–Crippen LogP) is 6.08. The Bertz CT molecular complexity index is 655. The van der Waals surface area contributed by atoms with Crippen molar-refractivity contribution in [1.29, 1.82) is 0 Å². The number of benzene rings is 2. The highest BCUT2D eigenvalue weighted by molar-refractivity contribution is 6.95. The summed E-state index contributed by atoms with van der Waals surface area (Å²) in [5.41, 5.74) is 1.69. The Morgan fingerprint density at radius 2 is 1.36 bits per heavy atom. The Balaban J connectivity index is 2.81. The van der Waals surface area contributed by atoms with Crippen LogP contribution in [-0.4, -0.2) is 13.2 Å². The molecule has 0 spiro atoms. The minimum atomic E-state index is -1.88. The number of aromatic hydroxyl groups is 1. The Kier molecular flexibility index (Phi) is 4.93. The highest BCUT2D eigenvalue weighted by atomic mass is 35.5. The zero-order valence-electron chi connectivity index (χ0n) is 14.4. The van der Waals surface area contributed by atoms with Crippen LogP contribution in [0, 0.1) is 0 Å². The smallest absolute Gasteiger partial charge is 0.115 e. The molecule has 0 aromatic heterocycles. The van der Waals surface area contributed by atoms with Gasteiger partial charge in [-0.1, -0.05) is 65.3 Å². The summed E-state index contributed by atoms with van der Waals surface area (Å²) in [5.74, 6) is 0.456. The molecule has 0 saturated heterocycles. The molecule has 1 nitrogen and oxygen atoms in total. The van der Waals surface area contributed by atoms with E-state index in [9.17, 15) is 5.11 Å². The summed E-state index contributed by atoms with van der Waals surface area (Å²) >= 11 is 6.16.